The summed E-state index contributed by atoms with van der Waals surface area (Å²) in [5, 5.41) is 38.9. The van der Waals surface area contributed by atoms with E-state index in [-0.39, 0.29) is 156 Å². The number of benzene rings is 2. The molecule has 0 radical (unpaired) electrons. The van der Waals surface area contributed by atoms with E-state index in [1.807, 2.05) is 26.0 Å². The van der Waals surface area contributed by atoms with Crippen LogP contribution in [0.4, 0.5) is 0 Å². The summed E-state index contributed by atoms with van der Waals surface area (Å²) < 4.78 is 81.4. The number of carbonyl (C=O) groups excluding carboxylic acids is 3. The van der Waals surface area contributed by atoms with E-state index in [1.165, 1.54) is 0 Å². The predicted molar refractivity (Wildman–Crippen MR) is 328 cm³/mol. The van der Waals surface area contributed by atoms with Gasteiger partial charge in [-0.3, -0.25) is 57.9 Å². The molecule has 0 bridgehead atoms. The first-order valence-electron chi connectivity index (χ1n) is 29.3. The lowest BCUT2D eigenvalue weighted by Crippen LogP contribution is -2.55. The third kappa shape index (κ3) is 22.5. The maximum absolute atomic E-state index is 14.4. The monoisotopic (exact) mass is 1340 g/mol. The zero-order chi connectivity index (χ0) is 65.7. The zero-order valence-corrected chi connectivity index (χ0v) is 53.2. The van der Waals surface area contributed by atoms with Gasteiger partial charge in [0.2, 0.25) is 11.8 Å². The molecule has 2 aromatic heterocycles. The first-order valence-corrected chi connectivity index (χ1v) is 31.6. The molecule has 6 N–H and O–H groups in total. The summed E-state index contributed by atoms with van der Waals surface area (Å²) in [4.78, 5) is 88.1. The smallest absolute Gasteiger partial charge is 0.317 e. The van der Waals surface area contributed by atoms with E-state index < -0.39 is 63.7 Å². The topological polar surface area (TPSA) is 362 Å². The van der Waals surface area contributed by atoms with Crippen molar-refractivity contribution in [1.82, 2.24) is 49.9 Å². The second kappa shape index (κ2) is 34.7. The van der Waals surface area contributed by atoms with Crippen LogP contribution in [0.2, 0.25) is 10.0 Å². The predicted octanol–water partition coefficient (Wildman–Crippen LogP) is 1.47. The maximum Gasteiger partial charge on any atom is 0.317 e. The van der Waals surface area contributed by atoms with Crippen molar-refractivity contribution in [3.05, 3.63) is 70.1 Å². The lowest BCUT2D eigenvalue weighted by Gasteiger charge is -2.41. The van der Waals surface area contributed by atoms with Crippen molar-refractivity contribution < 1.29 is 95.0 Å². The minimum absolute atomic E-state index is 0.0136. The van der Waals surface area contributed by atoms with E-state index in [0.717, 1.165) is 0 Å². The van der Waals surface area contributed by atoms with Crippen LogP contribution in [0.5, 0.6) is 17.2 Å². The average molecular weight is 1340 g/mol. The number of morpholine rings is 1. The zero-order valence-electron chi connectivity index (χ0n) is 50.9. The summed E-state index contributed by atoms with van der Waals surface area (Å²) >= 11 is 13.0. The van der Waals surface area contributed by atoms with Crippen molar-refractivity contribution in [1.29, 1.82) is 0 Å². The first kappa shape index (κ1) is 71.6. The van der Waals surface area contributed by atoms with E-state index >= 15 is 0 Å². The summed E-state index contributed by atoms with van der Waals surface area (Å²) in [6, 6.07) is 8.88. The van der Waals surface area contributed by atoms with Crippen LogP contribution in [-0.2, 0) is 64.4 Å². The molecule has 30 nitrogen and oxygen atoms in total. The lowest BCUT2D eigenvalue weighted by atomic mass is 9.95. The molecule has 0 unspecified atom stereocenters. The van der Waals surface area contributed by atoms with Crippen molar-refractivity contribution in [3.8, 4) is 45.3 Å². The number of nitrogens with zero attached hydrogens (tertiary/aromatic N) is 8. The summed E-state index contributed by atoms with van der Waals surface area (Å²) in [5.74, 6) is -5.00. The highest BCUT2D eigenvalue weighted by atomic mass is 35.5. The van der Waals surface area contributed by atoms with Crippen molar-refractivity contribution in [2.24, 2.45) is 0 Å². The molecular weight excluding hydrogens is 1260 g/mol. The number of amides is 3. The molecule has 5 heterocycles. The van der Waals surface area contributed by atoms with Crippen LogP contribution in [0, 0.1) is 0 Å². The number of ether oxygens (including phenoxy) is 8. The number of hydrogen-bond acceptors (Lipinski definition) is 22. The Hall–Kier alpha value is -6.85. The second-order valence-corrected chi connectivity index (χ2v) is 24.4. The number of nitrogens with one attached hydrogen (secondary N) is 2. The average Bonchev–Trinajstić information content (AvgIpc) is 1.63. The lowest BCUT2D eigenvalue weighted by molar-refractivity contribution is -0.140. The molecule has 3 amide bonds. The van der Waals surface area contributed by atoms with Crippen LogP contribution < -0.4 is 24.8 Å². The van der Waals surface area contributed by atoms with Gasteiger partial charge in [0.1, 0.15) is 42.3 Å². The number of carboxylic acids is 3. The normalized spacial score (nSPS) is 16.5. The highest BCUT2D eigenvalue weighted by molar-refractivity contribution is 7.85. The summed E-state index contributed by atoms with van der Waals surface area (Å²) in [5.41, 5.74) is 3.41. The molecule has 2 fully saturated rings. The molecule has 0 spiro atoms. The summed E-state index contributed by atoms with van der Waals surface area (Å²) in [7, 11) is -3.21. The molecule has 3 aliphatic rings. The third-order valence-corrected chi connectivity index (χ3v) is 15.9. The molecule has 3 aliphatic heterocycles. The van der Waals surface area contributed by atoms with Gasteiger partial charge in [-0.15, -0.1) is 0 Å². The highest BCUT2D eigenvalue weighted by Gasteiger charge is 2.40. The highest BCUT2D eigenvalue weighted by Crippen LogP contribution is 2.47. The van der Waals surface area contributed by atoms with Gasteiger partial charge in [0.25, 0.3) is 16.0 Å². The maximum atomic E-state index is 14.4. The van der Waals surface area contributed by atoms with Crippen molar-refractivity contribution >= 4 is 68.9 Å². The van der Waals surface area contributed by atoms with Crippen LogP contribution in [0.15, 0.2) is 48.8 Å². The van der Waals surface area contributed by atoms with Crippen LogP contribution in [0.3, 0.4) is 0 Å². The van der Waals surface area contributed by atoms with E-state index in [9.17, 15) is 57.1 Å². The van der Waals surface area contributed by atoms with Crippen LogP contribution in [-0.4, -0.2) is 292 Å². The number of fused-ring (bicyclic) bond motifs is 3. The van der Waals surface area contributed by atoms with Gasteiger partial charge in [-0.1, -0.05) is 23.2 Å². The Morgan fingerprint density at radius 1 is 0.692 bits per heavy atom. The van der Waals surface area contributed by atoms with Crippen LogP contribution >= 0.6 is 23.2 Å². The Morgan fingerprint density at radius 2 is 1.23 bits per heavy atom. The molecule has 33 heteroatoms. The van der Waals surface area contributed by atoms with Gasteiger partial charge in [-0.2, -0.15) is 13.5 Å². The van der Waals surface area contributed by atoms with Gasteiger partial charge in [-0.25, -0.2) is 4.68 Å². The molecule has 91 heavy (non-hydrogen) atoms. The SMILES string of the molecule is COc1cc2c(cc1-c1cncc(OCCOCCOCCOCCOCCNC(=O)[C@H](CS(=O)(=O)O)NC(=O)CN3CCN(CC(=O)O)CCN(CC(=O)O)CCN(CC(=O)O)CC3)c1)-c1c(c(C(=O)N3CCOCC3(C)C)nn1-c1cc(Cl)cc(Cl)c1)CO2. The number of hydrogen-bond donors (Lipinski definition) is 6. The minimum atomic E-state index is -4.77. The Bertz CT molecular complexity index is 3220. The number of carbonyl (C=O) groups is 6. The third-order valence-electron chi connectivity index (χ3n) is 14.7. The Kier molecular flexibility index (Phi) is 27.3. The molecular formula is C58H78Cl2N10O20S. The fourth-order valence-corrected chi connectivity index (χ4v) is 11.4. The van der Waals surface area contributed by atoms with Gasteiger partial charge in [0.05, 0.1) is 122 Å². The van der Waals surface area contributed by atoms with Crippen molar-refractivity contribution in [2.45, 2.75) is 32.0 Å². The van der Waals surface area contributed by atoms with Gasteiger partial charge < -0.3 is 68.7 Å². The summed E-state index contributed by atoms with van der Waals surface area (Å²) in [6.07, 6.45) is 3.27. The van der Waals surface area contributed by atoms with Gasteiger partial charge in [0, 0.05) is 110 Å². The van der Waals surface area contributed by atoms with Gasteiger partial charge >= 0.3 is 17.9 Å². The first-order chi connectivity index (χ1) is 43.5. The molecule has 0 aliphatic carbocycles. The molecule has 2 aromatic carbocycles. The van der Waals surface area contributed by atoms with E-state index in [2.05, 4.69) is 15.6 Å². The molecule has 2 saturated heterocycles. The van der Waals surface area contributed by atoms with Gasteiger partial charge in [0.15, 0.2) is 5.69 Å². The molecule has 0 saturated carbocycles. The number of methoxy groups -OCH3 is 1. The standard InChI is InChI=1S/C58H78Cl2N10O20S/c1-58(2)38-88-15-13-69(58)57(79)54-46-36-90-49-29-48(83-3)44(28-45(49)55(46)70(64-54)42-26-40(59)25-41(60)27-42)39-24-43(31-61-30-39)89-23-22-87-21-20-86-19-18-85-17-16-84-14-4-62-56(78)47(37-91(80,81)82)63-50(71)32-65-5-7-66(33-51(72)73)9-11-68(35-53(76)77)12-10-67(8-6-65)34-52(74)75/h24-31,47H,4-23,32-38H2,1-3H3,(H,62,78)(H,63,71)(H,72,73)(H,74,75)(H,76,77)(H,80,81,82)/t47-/m0/s1. The summed E-state index contributed by atoms with van der Waals surface area (Å²) in [6.45, 7) is 6.38. The Morgan fingerprint density at radius 3 is 1.76 bits per heavy atom. The molecule has 7 rings (SSSR count). The van der Waals surface area contributed by atoms with E-state index in [4.69, 9.17) is 66.2 Å². The number of pyridine rings is 1. The number of halogens is 2. The Balaban J connectivity index is 0.806. The van der Waals surface area contributed by atoms with Crippen molar-refractivity contribution in [3.63, 3.8) is 0 Å². The second-order valence-electron chi connectivity index (χ2n) is 22.0. The molecule has 1 atom stereocenters. The molecule has 4 aromatic rings. The fraction of sp³-hybridized carbons (Fsp3) is 0.552. The van der Waals surface area contributed by atoms with Crippen molar-refractivity contribution in [2.75, 3.05) is 177 Å². The van der Waals surface area contributed by atoms with Crippen LogP contribution in [0.25, 0.3) is 28.1 Å². The largest absolute Gasteiger partial charge is 0.496 e. The fourth-order valence-electron chi connectivity index (χ4n) is 10.3. The van der Waals surface area contributed by atoms with E-state index in [1.54, 1.807) is 73.0 Å². The Labute approximate surface area is 536 Å². The number of carboxylic acid groups (broad SMARTS) is 3. The van der Waals surface area contributed by atoms with Crippen LogP contribution in [0.1, 0.15) is 29.9 Å². The minimum Gasteiger partial charge on any atom is -0.496 e. The number of aliphatic carboxylic acids is 3. The number of aromatic nitrogens is 3. The quantitative estimate of drug-likeness (QED) is 0.0298. The van der Waals surface area contributed by atoms with Gasteiger partial charge in [-0.05, 0) is 44.2 Å². The van der Waals surface area contributed by atoms with E-state index in [0.29, 0.717) is 80.7 Å². The molecule has 500 valence electrons. The number of rotatable bonds is 32.